The maximum absolute atomic E-state index is 12.0. The van der Waals surface area contributed by atoms with Crippen molar-refractivity contribution in [1.82, 2.24) is 0 Å². The number of carbonyl (C=O) groups is 1. The average molecular weight is 283 g/mol. The first-order valence-electron chi connectivity index (χ1n) is 5.56. The molecule has 1 aromatic carbocycles. The Balaban J connectivity index is 2.37. The number of rotatable bonds is 4. The van der Waals surface area contributed by atoms with Crippen LogP contribution in [-0.4, -0.2) is 16.2 Å². The first-order valence-corrected chi connectivity index (χ1v) is 6.69. The first-order chi connectivity index (χ1) is 7.69. The van der Waals surface area contributed by atoms with Crippen LogP contribution in [0.5, 0.6) is 0 Å². The van der Waals surface area contributed by atoms with Crippen molar-refractivity contribution in [3.63, 3.8) is 0 Å². The van der Waals surface area contributed by atoms with Crippen molar-refractivity contribution in [3.05, 3.63) is 35.9 Å². The fourth-order valence-corrected chi connectivity index (χ4v) is 2.67. The molecular formula is C13H15BrO2. The number of hydrogen-bond acceptors (Lipinski definition) is 2. The van der Waals surface area contributed by atoms with Gasteiger partial charge in [0.25, 0.3) is 0 Å². The number of benzene rings is 1. The standard InChI is InChI=1S/C13H15BrO2/c14-9-12(15)13(16,11-7-4-8-11)10-5-2-1-3-6-10/h1-3,5-6,11,16H,4,7-9H2. The zero-order valence-corrected chi connectivity index (χ0v) is 10.6. The molecule has 1 atom stereocenters. The fraction of sp³-hybridized carbons (Fsp3) is 0.462. The Bertz CT molecular complexity index is 373. The summed E-state index contributed by atoms with van der Waals surface area (Å²) in [6, 6.07) is 9.28. The third-order valence-electron chi connectivity index (χ3n) is 3.46. The van der Waals surface area contributed by atoms with Gasteiger partial charge in [-0.15, -0.1) is 0 Å². The number of carbonyl (C=O) groups excluding carboxylic acids is 1. The summed E-state index contributed by atoms with van der Waals surface area (Å²) in [6.07, 6.45) is 2.98. The van der Waals surface area contributed by atoms with Crippen LogP contribution in [0.2, 0.25) is 0 Å². The highest BCUT2D eigenvalue weighted by Gasteiger charge is 2.46. The quantitative estimate of drug-likeness (QED) is 0.862. The van der Waals surface area contributed by atoms with Gasteiger partial charge in [0.2, 0.25) is 0 Å². The number of hydrogen-bond donors (Lipinski definition) is 1. The van der Waals surface area contributed by atoms with Crippen molar-refractivity contribution >= 4 is 21.7 Å². The minimum atomic E-state index is -1.29. The maximum atomic E-state index is 12.0. The number of aliphatic hydroxyl groups is 1. The molecule has 3 heteroatoms. The van der Waals surface area contributed by atoms with Gasteiger partial charge < -0.3 is 5.11 Å². The Morgan fingerprint density at radius 3 is 2.44 bits per heavy atom. The summed E-state index contributed by atoms with van der Waals surface area (Å²) in [5, 5.41) is 10.9. The first kappa shape index (κ1) is 11.8. The van der Waals surface area contributed by atoms with Crippen molar-refractivity contribution in [2.75, 3.05) is 5.33 Å². The lowest BCUT2D eigenvalue weighted by Gasteiger charge is -2.40. The average Bonchev–Trinajstić information content (AvgIpc) is 2.26. The molecule has 0 heterocycles. The number of Topliss-reactive ketones (excluding diaryl/α,β-unsaturated/α-hetero) is 1. The van der Waals surface area contributed by atoms with Gasteiger partial charge >= 0.3 is 0 Å². The van der Waals surface area contributed by atoms with Gasteiger partial charge in [0.15, 0.2) is 11.4 Å². The van der Waals surface area contributed by atoms with Crippen molar-refractivity contribution in [3.8, 4) is 0 Å². The molecule has 16 heavy (non-hydrogen) atoms. The van der Waals surface area contributed by atoms with Crippen LogP contribution in [0.25, 0.3) is 0 Å². The number of alkyl halides is 1. The minimum Gasteiger partial charge on any atom is -0.377 e. The highest BCUT2D eigenvalue weighted by atomic mass is 79.9. The van der Waals surface area contributed by atoms with Gasteiger partial charge in [-0.1, -0.05) is 52.7 Å². The number of halogens is 1. The Kier molecular flexibility index (Phi) is 3.45. The lowest BCUT2D eigenvalue weighted by Crippen LogP contribution is -2.46. The van der Waals surface area contributed by atoms with Crippen molar-refractivity contribution < 1.29 is 9.90 Å². The molecule has 0 radical (unpaired) electrons. The Labute approximate surface area is 104 Å². The van der Waals surface area contributed by atoms with Gasteiger partial charge in [-0.25, -0.2) is 0 Å². The van der Waals surface area contributed by atoms with Gasteiger partial charge in [0, 0.05) is 0 Å². The second kappa shape index (κ2) is 4.68. The molecule has 0 spiro atoms. The zero-order chi connectivity index (χ0) is 11.6. The highest BCUT2D eigenvalue weighted by molar-refractivity contribution is 9.09. The monoisotopic (exact) mass is 282 g/mol. The van der Waals surface area contributed by atoms with Crippen molar-refractivity contribution in [2.45, 2.75) is 24.9 Å². The van der Waals surface area contributed by atoms with Gasteiger partial charge in [0.05, 0.1) is 5.33 Å². The fourth-order valence-electron chi connectivity index (χ4n) is 2.24. The summed E-state index contributed by atoms with van der Waals surface area (Å²) < 4.78 is 0. The summed E-state index contributed by atoms with van der Waals surface area (Å²) >= 11 is 3.16. The summed E-state index contributed by atoms with van der Waals surface area (Å²) in [7, 11) is 0. The van der Waals surface area contributed by atoms with E-state index in [0.29, 0.717) is 0 Å². The van der Waals surface area contributed by atoms with E-state index < -0.39 is 5.60 Å². The third kappa shape index (κ3) is 1.82. The molecule has 1 fully saturated rings. The van der Waals surface area contributed by atoms with E-state index in [9.17, 15) is 9.90 Å². The lowest BCUT2D eigenvalue weighted by molar-refractivity contribution is -0.146. The van der Waals surface area contributed by atoms with Crippen LogP contribution in [0.3, 0.4) is 0 Å². The molecule has 1 aliphatic rings. The van der Waals surface area contributed by atoms with Crippen LogP contribution in [0, 0.1) is 5.92 Å². The smallest absolute Gasteiger partial charge is 0.179 e. The summed E-state index contributed by atoms with van der Waals surface area (Å²) in [6.45, 7) is 0. The van der Waals surface area contributed by atoms with Gasteiger partial charge in [-0.2, -0.15) is 0 Å². The molecule has 1 aliphatic carbocycles. The van der Waals surface area contributed by atoms with Gasteiger partial charge in [0.1, 0.15) is 0 Å². The molecule has 2 nitrogen and oxygen atoms in total. The zero-order valence-electron chi connectivity index (χ0n) is 9.03. The van der Waals surface area contributed by atoms with E-state index >= 15 is 0 Å². The predicted molar refractivity (Wildman–Crippen MR) is 66.5 cm³/mol. The molecule has 2 rings (SSSR count). The van der Waals surface area contributed by atoms with E-state index in [2.05, 4.69) is 15.9 Å². The molecule has 1 N–H and O–H groups in total. The normalized spacial score (nSPS) is 19.9. The van der Waals surface area contributed by atoms with E-state index in [4.69, 9.17) is 0 Å². The molecule has 0 saturated heterocycles. The number of ketones is 1. The van der Waals surface area contributed by atoms with Crippen LogP contribution in [0.4, 0.5) is 0 Å². The van der Waals surface area contributed by atoms with E-state index in [1.165, 1.54) is 0 Å². The maximum Gasteiger partial charge on any atom is 0.179 e. The van der Waals surface area contributed by atoms with Crippen molar-refractivity contribution in [1.29, 1.82) is 0 Å². The van der Waals surface area contributed by atoms with E-state index in [1.54, 1.807) is 0 Å². The summed E-state index contributed by atoms with van der Waals surface area (Å²) in [4.78, 5) is 12.0. The molecular weight excluding hydrogens is 268 g/mol. The van der Waals surface area contributed by atoms with Crippen LogP contribution in [-0.2, 0) is 10.4 Å². The molecule has 1 saturated carbocycles. The highest BCUT2D eigenvalue weighted by Crippen LogP contribution is 2.43. The molecule has 1 unspecified atom stereocenters. The van der Waals surface area contributed by atoms with Crippen molar-refractivity contribution in [2.24, 2.45) is 5.92 Å². The second-order valence-corrected chi connectivity index (χ2v) is 4.88. The molecule has 0 aromatic heterocycles. The van der Waals surface area contributed by atoms with E-state index in [1.807, 2.05) is 30.3 Å². The third-order valence-corrected chi connectivity index (χ3v) is 3.97. The second-order valence-electron chi connectivity index (χ2n) is 4.32. The Morgan fingerprint density at radius 1 is 1.38 bits per heavy atom. The molecule has 86 valence electrons. The lowest BCUT2D eigenvalue weighted by atomic mass is 9.68. The Morgan fingerprint density at radius 2 is 2.00 bits per heavy atom. The van der Waals surface area contributed by atoms with Crippen LogP contribution in [0.15, 0.2) is 30.3 Å². The van der Waals surface area contributed by atoms with Crippen LogP contribution < -0.4 is 0 Å². The topological polar surface area (TPSA) is 37.3 Å². The van der Waals surface area contributed by atoms with E-state index in [-0.39, 0.29) is 17.0 Å². The van der Waals surface area contributed by atoms with Gasteiger partial charge in [-0.3, -0.25) is 4.79 Å². The van der Waals surface area contributed by atoms with Gasteiger partial charge in [-0.05, 0) is 24.3 Å². The molecule has 1 aromatic rings. The molecule has 0 bridgehead atoms. The Hall–Kier alpha value is -0.670. The summed E-state index contributed by atoms with van der Waals surface area (Å²) in [5.74, 6) is -0.0525. The van der Waals surface area contributed by atoms with Crippen LogP contribution >= 0.6 is 15.9 Å². The molecule has 0 aliphatic heterocycles. The van der Waals surface area contributed by atoms with Crippen LogP contribution in [0.1, 0.15) is 24.8 Å². The predicted octanol–water partition coefficient (Wildman–Crippen LogP) is 2.64. The largest absolute Gasteiger partial charge is 0.377 e. The molecule has 0 amide bonds. The minimum absolute atomic E-state index is 0.0833. The van der Waals surface area contributed by atoms with E-state index in [0.717, 1.165) is 24.8 Å². The SMILES string of the molecule is O=C(CBr)C(O)(c1ccccc1)C1CCC1. The summed E-state index contributed by atoms with van der Waals surface area (Å²) in [5.41, 5.74) is -0.563.